The van der Waals surface area contributed by atoms with Gasteiger partial charge in [0.1, 0.15) is 5.52 Å². The van der Waals surface area contributed by atoms with Crippen molar-refractivity contribution in [3.05, 3.63) is 73.2 Å². The van der Waals surface area contributed by atoms with Crippen LogP contribution >= 0.6 is 27.5 Å². The van der Waals surface area contributed by atoms with Gasteiger partial charge in [-0.05, 0) is 37.1 Å². The van der Waals surface area contributed by atoms with Crippen molar-refractivity contribution < 1.29 is 0 Å². The monoisotopic (exact) mass is 473 g/mol. The Morgan fingerprint density at radius 2 is 1.93 bits per heavy atom. The Bertz CT molecular complexity index is 1280. The summed E-state index contributed by atoms with van der Waals surface area (Å²) in [7, 11) is 0. The Hall–Kier alpha value is -2.78. The number of nitrogens with two attached hydrogens (primary N) is 1. The normalized spacial score (nSPS) is 11.3. The van der Waals surface area contributed by atoms with Gasteiger partial charge in [-0.25, -0.2) is 4.79 Å². The number of fused-ring (bicyclic) bond motifs is 1. The third-order valence-corrected chi connectivity index (χ3v) is 6.19. The lowest BCUT2D eigenvalue weighted by atomic mass is 10.1. The Balaban J connectivity index is 1.92. The number of aromatic nitrogens is 6. The van der Waals surface area contributed by atoms with Crippen LogP contribution in [-0.4, -0.2) is 29.1 Å². The van der Waals surface area contributed by atoms with Crippen LogP contribution in [0.5, 0.6) is 0 Å². The predicted molar refractivity (Wildman–Crippen MR) is 115 cm³/mol. The molecule has 0 radical (unpaired) electrons. The van der Waals surface area contributed by atoms with E-state index in [4.69, 9.17) is 17.3 Å². The lowest BCUT2D eigenvalue weighted by molar-refractivity contribution is 0.679. The number of hydrogen-bond acceptors (Lipinski definition) is 6. The maximum absolute atomic E-state index is 13.3. The first-order valence-electron chi connectivity index (χ1n) is 8.79. The van der Waals surface area contributed by atoms with Crippen molar-refractivity contribution >= 4 is 44.6 Å². The van der Waals surface area contributed by atoms with Gasteiger partial charge < -0.3 is 5.73 Å². The molecule has 4 aromatic rings. The van der Waals surface area contributed by atoms with Crippen molar-refractivity contribution in [2.75, 3.05) is 5.73 Å². The van der Waals surface area contributed by atoms with Crippen LogP contribution in [0, 0.1) is 13.8 Å². The molecule has 0 aliphatic rings. The average molecular weight is 475 g/mol. The summed E-state index contributed by atoms with van der Waals surface area (Å²) < 4.78 is 3.98. The van der Waals surface area contributed by atoms with Crippen molar-refractivity contribution in [1.29, 1.82) is 0 Å². The molecule has 0 saturated carbocycles. The molecular weight excluding hydrogens is 458 g/mol. The van der Waals surface area contributed by atoms with E-state index in [9.17, 15) is 4.79 Å². The second-order valence-corrected chi connectivity index (χ2v) is 7.80. The number of aryl methyl sites for hydroxylation is 1. The predicted octanol–water partition coefficient (Wildman–Crippen LogP) is 3.09. The zero-order chi connectivity index (χ0) is 20.7. The summed E-state index contributed by atoms with van der Waals surface area (Å²) in [6.45, 7) is 4.38. The highest BCUT2D eigenvalue weighted by Gasteiger charge is 2.21. The summed E-state index contributed by atoms with van der Waals surface area (Å²) in [6.07, 6.45) is 3.44. The molecule has 0 saturated heterocycles. The lowest BCUT2D eigenvalue weighted by Gasteiger charge is -2.09. The van der Waals surface area contributed by atoms with Crippen LogP contribution in [0.15, 0.2) is 39.9 Å². The van der Waals surface area contributed by atoms with Crippen LogP contribution in [0.4, 0.5) is 5.95 Å². The number of nitrogens with zero attached hydrogens (tertiary/aromatic N) is 6. The maximum Gasteiger partial charge on any atom is 0.331 e. The molecule has 0 unspecified atom stereocenters. The molecule has 0 spiro atoms. The van der Waals surface area contributed by atoms with Crippen molar-refractivity contribution in [3.63, 3.8) is 0 Å². The molecule has 0 amide bonds. The van der Waals surface area contributed by atoms with Gasteiger partial charge in [-0.1, -0.05) is 33.6 Å². The standard InChI is InChI=1S/C19H17BrClN7O/c1-10-7-24-13(11(2)14(10)20)9-28-17-15(16(21)25-18(22)26-17)27(19(28)29)8-12-5-3-4-6-23-12/h3-7H,8-9H2,1-2H3,(H2,22,25,26). The van der Waals surface area contributed by atoms with Crippen molar-refractivity contribution in [2.24, 2.45) is 0 Å². The molecule has 0 bridgehead atoms. The number of rotatable bonds is 4. The van der Waals surface area contributed by atoms with Gasteiger partial charge in [0, 0.05) is 16.9 Å². The van der Waals surface area contributed by atoms with Gasteiger partial charge in [0.25, 0.3) is 0 Å². The quantitative estimate of drug-likeness (QED) is 0.456. The van der Waals surface area contributed by atoms with Crippen molar-refractivity contribution in [3.8, 4) is 0 Å². The van der Waals surface area contributed by atoms with Gasteiger partial charge in [0.05, 0.1) is 24.5 Å². The van der Waals surface area contributed by atoms with Crippen molar-refractivity contribution in [2.45, 2.75) is 26.9 Å². The molecule has 4 heterocycles. The van der Waals surface area contributed by atoms with E-state index in [1.54, 1.807) is 12.4 Å². The molecule has 4 aromatic heterocycles. The van der Waals surface area contributed by atoms with E-state index in [-0.39, 0.29) is 29.9 Å². The van der Waals surface area contributed by atoms with E-state index in [1.165, 1.54) is 9.13 Å². The van der Waals surface area contributed by atoms with Gasteiger partial charge in [-0.3, -0.25) is 19.1 Å². The van der Waals surface area contributed by atoms with E-state index < -0.39 is 0 Å². The largest absolute Gasteiger partial charge is 0.368 e. The summed E-state index contributed by atoms with van der Waals surface area (Å²) in [6, 6.07) is 5.51. The molecule has 0 aliphatic heterocycles. The molecule has 0 aromatic carbocycles. The number of nitrogen functional groups attached to an aromatic ring is 1. The number of halogens is 2. The highest BCUT2D eigenvalue weighted by Crippen LogP contribution is 2.25. The third kappa shape index (κ3) is 3.51. The van der Waals surface area contributed by atoms with Crippen LogP contribution in [-0.2, 0) is 13.1 Å². The molecule has 0 fully saturated rings. The summed E-state index contributed by atoms with van der Waals surface area (Å²) in [5.41, 5.74) is 9.73. The van der Waals surface area contributed by atoms with Crippen molar-refractivity contribution in [1.82, 2.24) is 29.1 Å². The first-order chi connectivity index (χ1) is 13.9. The molecule has 8 nitrogen and oxygen atoms in total. The minimum Gasteiger partial charge on any atom is -0.368 e. The zero-order valence-corrected chi connectivity index (χ0v) is 18.1. The fraction of sp³-hybridized carbons (Fsp3) is 0.211. The second kappa shape index (κ2) is 7.57. The SMILES string of the molecule is Cc1cnc(Cn2c(=O)n(Cc3ccccn3)c3c(Cl)nc(N)nc32)c(C)c1Br. The molecule has 10 heteroatoms. The zero-order valence-electron chi connectivity index (χ0n) is 15.7. The molecule has 148 valence electrons. The van der Waals surface area contributed by atoms with Crippen LogP contribution in [0.1, 0.15) is 22.5 Å². The van der Waals surface area contributed by atoms with E-state index in [0.717, 1.165) is 21.3 Å². The molecule has 0 atom stereocenters. The molecule has 4 rings (SSSR count). The number of anilines is 1. The average Bonchev–Trinajstić information content (AvgIpc) is 2.95. The van der Waals surface area contributed by atoms with Gasteiger partial charge in [-0.15, -0.1) is 0 Å². The number of hydrogen-bond donors (Lipinski definition) is 1. The first-order valence-corrected chi connectivity index (χ1v) is 9.96. The van der Waals surface area contributed by atoms with Crippen LogP contribution in [0.2, 0.25) is 5.15 Å². The van der Waals surface area contributed by atoms with Crippen LogP contribution < -0.4 is 11.4 Å². The van der Waals surface area contributed by atoms with E-state index >= 15 is 0 Å². The first kappa shape index (κ1) is 19.5. The summed E-state index contributed by atoms with van der Waals surface area (Å²) in [5, 5.41) is 0.119. The second-order valence-electron chi connectivity index (χ2n) is 6.65. The Morgan fingerprint density at radius 3 is 2.66 bits per heavy atom. The number of pyridine rings is 2. The van der Waals surface area contributed by atoms with Crippen LogP contribution in [0.25, 0.3) is 11.2 Å². The molecule has 29 heavy (non-hydrogen) atoms. The fourth-order valence-corrected chi connectivity index (χ4v) is 3.79. The fourth-order valence-electron chi connectivity index (χ4n) is 3.19. The highest BCUT2D eigenvalue weighted by molar-refractivity contribution is 9.10. The van der Waals surface area contributed by atoms with E-state index in [1.807, 2.05) is 32.0 Å². The topological polar surface area (TPSA) is 105 Å². The summed E-state index contributed by atoms with van der Waals surface area (Å²) in [5.74, 6) is 0.000930. The minimum absolute atomic E-state index is 0.000930. The molecule has 2 N–H and O–H groups in total. The van der Waals surface area contributed by atoms with Gasteiger partial charge in [0.15, 0.2) is 10.8 Å². The lowest BCUT2D eigenvalue weighted by Crippen LogP contribution is -2.26. The van der Waals surface area contributed by atoms with Gasteiger partial charge in [0.2, 0.25) is 5.95 Å². The summed E-state index contributed by atoms with van der Waals surface area (Å²) >= 11 is 9.93. The Kier molecular flexibility index (Phi) is 5.10. The Morgan fingerprint density at radius 1 is 1.14 bits per heavy atom. The third-order valence-electron chi connectivity index (χ3n) is 4.70. The van der Waals surface area contributed by atoms with Crippen LogP contribution in [0.3, 0.4) is 0 Å². The highest BCUT2D eigenvalue weighted by atomic mass is 79.9. The Labute approximate surface area is 179 Å². The van der Waals surface area contributed by atoms with Gasteiger partial charge in [-0.2, -0.15) is 9.97 Å². The van der Waals surface area contributed by atoms with E-state index in [2.05, 4.69) is 35.9 Å². The van der Waals surface area contributed by atoms with E-state index in [0.29, 0.717) is 16.9 Å². The smallest absolute Gasteiger partial charge is 0.331 e. The molecule has 0 aliphatic carbocycles. The summed E-state index contributed by atoms with van der Waals surface area (Å²) in [4.78, 5) is 30.4. The van der Waals surface area contributed by atoms with Gasteiger partial charge >= 0.3 is 5.69 Å². The minimum atomic E-state index is -0.287. The number of imidazole rings is 1. The molecular formula is C19H17BrClN7O. The maximum atomic E-state index is 13.3.